The molecular weight excluding hydrogens is 480 g/mol. The largest absolute Gasteiger partial charge is 0.378 e. The molecule has 0 unspecified atom stereocenters. The zero-order chi connectivity index (χ0) is 24.2. The number of rotatable bonds is 5. The van der Waals surface area contributed by atoms with E-state index >= 15 is 0 Å². The number of carbonyl (C=O) groups excluding carboxylic acids is 2. The summed E-state index contributed by atoms with van der Waals surface area (Å²) in [6, 6.07) is 9.47. The number of ether oxygens (including phenoxy) is 1. The molecule has 3 aromatic rings. The van der Waals surface area contributed by atoms with Crippen molar-refractivity contribution in [2.45, 2.75) is 6.92 Å². The highest BCUT2D eigenvalue weighted by molar-refractivity contribution is 7.80. The number of amides is 2. The van der Waals surface area contributed by atoms with Crippen LogP contribution in [0.2, 0.25) is 0 Å². The number of carbonyl (C=O) groups is 2. The molecule has 1 aliphatic heterocycles. The number of nitrogens with one attached hydrogen (secondary N) is 3. The third-order valence-corrected chi connectivity index (χ3v) is 6.08. The first-order valence-electron chi connectivity index (χ1n) is 10.2. The number of thiazole rings is 1. The van der Waals surface area contributed by atoms with Gasteiger partial charge in [0.2, 0.25) is 5.91 Å². The monoisotopic (exact) mass is 500 g/mol. The van der Waals surface area contributed by atoms with Crippen LogP contribution in [0, 0.1) is 10.1 Å². The van der Waals surface area contributed by atoms with Gasteiger partial charge in [-0.1, -0.05) is 11.3 Å². The highest BCUT2D eigenvalue weighted by Gasteiger charge is 2.23. The molecule has 0 aliphatic carbocycles. The second-order valence-electron chi connectivity index (χ2n) is 7.35. The topological polar surface area (TPSA) is 139 Å². The van der Waals surface area contributed by atoms with Crippen molar-refractivity contribution in [2.24, 2.45) is 0 Å². The molecule has 0 spiro atoms. The van der Waals surface area contributed by atoms with E-state index in [0.717, 1.165) is 4.70 Å². The van der Waals surface area contributed by atoms with Crippen LogP contribution in [0.15, 0.2) is 36.4 Å². The Labute approximate surface area is 203 Å². The van der Waals surface area contributed by atoms with E-state index in [1.165, 1.54) is 30.4 Å². The van der Waals surface area contributed by atoms with Gasteiger partial charge in [-0.05, 0) is 36.5 Å². The van der Waals surface area contributed by atoms with Crippen LogP contribution >= 0.6 is 23.6 Å². The molecule has 0 radical (unpaired) electrons. The van der Waals surface area contributed by atoms with E-state index in [-0.39, 0.29) is 22.3 Å². The van der Waals surface area contributed by atoms with Gasteiger partial charge in [0.1, 0.15) is 0 Å². The number of benzene rings is 2. The van der Waals surface area contributed by atoms with Crippen LogP contribution in [-0.4, -0.2) is 53.1 Å². The van der Waals surface area contributed by atoms with E-state index < -0.39 is 10.8 Å². The van der Waals surface area contributed by atoms with Gasteiger partial charge in [-0.25, -0.2) is 4.98 Å². The average Bonchev–Trinajstić information content (AvgIpc) is 3.20. The Morgan fingerprint density at radius 1 is 1.18 bits per heavy atom. The number of fused-ring (bicyclic) bond motifs is 1. The van der Waals surface area contributed by atoms with Crippen LogP contribution in [0.1, 0.15) is 17.3 Å². The van der Waals surface area contributed by atoms with E-state index in [2.05, 4.69) is 20.9 Å². The van der Waals surface area contributed by atoms with Gasteiger partial charge in [-0.2, -0.15) is 0 Å². The molecule has 13 heteroatoms. The highest BCUT2D eigenvalue weighted by Crippen LogP contribution is 2.29. The number of thiocarbonyl (C=S) groups is 1. The van der Waals surface area contributed by atoms with Gasteiger partial charge >= 0.3 is 0 Å². The van der Waals surface area contributed by atoms with E-state index in [1.807, 2.05) is 4.90 Å². The lowest BCUT2D eigenvalue weighted by atomic mass is 10.1. The number of nitro groups is 1. The summed E-state index contributed by atoms with van der Waals surface area (Å²) in [6.45, 7) is 3.55. The summed E-state index contributed by atoms with van der Waals surface area (Å²) in [4.78, 5) is 41.4. The Hall–Kier alpha value is -3.68. The van der Waals surface area contributed by atoms with E-state index in [4.69, 9.17) is 17.0 Å². The van der Waals surface area contributed by atoms with Crippen molar-refractivity contribution in [3.63, 3.8) is 0 Å². The van der Waals surface area contributed by atoms with E-state index in [9.17, 15) is 19.7 Å². The molecule has 4 rings (SSSR count). The zero-order valence-corrected chi connectivity index (χ0v) is 19.6. The quantitative estimate of drug-likeness (QED) is 0.274. The number of aromatic nitrogens is 1. The highest BCUT2D eigenvalue weighted by atomic mass is 32.1. The summed E-state index contributed by atoms with van der Waals surface area (Å²) in [6.07, 6.45) is 0. The second-order valence-corrected chi connectivity index (χ2v) is 8.79. The van der Waals surface area contributed by atoms with E-state index in [1.54, 1.807) is 24.3 Å². The lowest BCUT2D eigenvalue weighted by molar-refractivity contribution is -0.384. The van der Waals surface area contributed by atoms with Gasteiger partial charge in [0.25, 0.3) is 11.6 Å². The third-order valence-electron chi connectivity index (χ3n) is 4.94. The van der Waals surface area contributed by atoms with Gasteiger partial charge in [0.15, 0.2) is 10.2 Å². The zero-order valence-electron chi connectivity index (χ0n) is 18.0. The first kappa shape index (κ1) is 23.5. The van der Waals surface area contributed by atoms with Crippen LogP contribution in [0.4, 0.5) is 22.2 Å². The molecule has 1 fully saturated rings. The number of nitrogens with zero attached hydrogens (tertiary/aromatic N) is 3. The Balaban J connectivity index is 1.51. The van der Waals surface area contributed by atoms with Crippen molar-refractivity contribution in [1.29, 1.82) is 0 Å². The van der Waals surface area contributed by atoms with Crippen LogP contribution < -0.4 is 20.9 Å². The minimum Gasteiger partial charge on any atom is -0.378 e. The number of anilines is 3. The Bertz CT molecular complexity index is 1290. The molecule has 1 aliphatic rings. The molecule has 2 amide bonds. The van der Waals surface area contributed by atoms with Crippen LogP contribution in [0.5, 0.6) is 0 Å². The fraction of sp³-hybridized carbons (Fsp3) is 0.238. The molecule has 11 nitrogen and oxygen atoms in total. The predicted molar refractivity (Wildman–Crippen MR) is 134 cm³/mol. The summed E-state index contributed by atoms with van der Waals surface area (Å²) >= 11 is 6.58. The molecule has 2 heterocycles. The van der Waals surface area contributed by atoms with Gasteiger partial charge < -0.3 is 20.3 Å². The lowest BCUT2D eigenvalue weighted by Gasteiger charge is -2.30. The molecule has 2 aromatic carbocycles. The fourth-order valence-electron chi connectivity index (χ4n) is 3.46. The van der Waals surface area contributed by atoms with Crippen molar-refractivity contribution in [2.75, 3.05) is 41.8 Å². The maximum Gasteiger partial charge on any atom is 0.270 e. The smallest absolute Gasteiger partial charge is 0.270 e. The maximum atomic E-state index is 13.0. The summed E-state index contributed by atoms with van der Waals surface area (Å²) in [7, 11) is 0. The summed E-state index contributed by atoms with van der Waals surface area (Å²) in [5, 5.41) is 19.9. The molecule has 0 atom stereocenters. The number of hydrogen-bond acceptors (Lipinski definition) is 9. The Morgan fingerprint density at radius 2 is 1.94 bits per heavy atom. The minimum atomic E-state index is -0.572. The van der Waals surface area contributed by atoms with Gasteiger partial charge in [0.05, 0.1) is 39.6 Å². The molecule has 0 bridgehead atoms. The molecule has 3 N–H and O–H groups in total. The van der Waals surface area contributed by atoms with Crippen molar-refractivity contribution < 1.29 is 19.2 Å². The predicted octanol–water partition coefficient (Wildman–Crippen LogP) is 3.13. The first-order chi connectivity index (χ1) is 16.3. The normalized spacial score (nSPS) is 13.4. The van der Waals surface area contributed by atoms with Gasteiger partial charge in [-0.3, -0.25) is 25.0 Å². The van der Waals surface area contributed by atoms with Crippen molar-refractivity contribution >= 4 is 72.9 Å². The molecule has 1 saturated heterocycles. The molecule has 0 saturated carbocycles. The van der Waals surface area contributed by atoms with Crippen molar-refractivity contribution in [3.05, 3.63) is 52.1 Å². The molecule has 176 valence electrons. The Morgan fingerprint density at radius 3 is 2.65 bits per heavy atom. The number of nitro benzene ring substituents is 1. The maximum absolute atomic E-state index is 13.0. The summed E-state index contributed by atoms with van der Waals surface area (Å²) < 4.78 is 6.17. The lowest BCUT2D eigenvalue weighted by Crippen LogP contribution is -2.39. The summed E-state index contributed by atoms with van der Waals surface area (Å²) in [5.74, 6) is -0.750. The van der Waals surface area contributed by atoms with Crippen LogP contribution in [-0.2, 0) is 9.53 Å². The summed E-state index contributed by atoms with van der Waals surface area (Å²) in [5.41, 5.74) is 1.86. The standard InChI is InChI=1S/C21H20N6O5S2/c1-12(28)22-13-2-4-16-18(10-13)34-21(23-16)25-20(33)24-19(29)15-11-14(27(30)31)3-5-17(15)26-6-8-32-9-7-26/h2-5,10-11H,6-9H2,1H3,(H,22,28)(H2,23,24,25,29,33). The second kappa shape index (κ2) is 10.1. The van der Waals surface area contributed by atoms with Gasteiger partial charge in [0, 0.05) is 37.8 Å². The molecule has 34 heavy (non-hydrogen) atoms. The number of non-ortho nitro benzene ring substituents is 1. The molecular formula is C21H20N6O5S2. The van der Waals surface area contributed by atoms with Crippen molar-refractivity contribution in [1.82, 2.24) is 10.3 Å². The SMILES string of the molecule is CC(=O)Nc1ccc2nc(NC(=S)NC(=O)c3cc([N+](=O)[O-])ccc3N3CCOCC3)sc2c1. The van der Waals surface area contributed by atoms with Crippen molar-refractivity contribution in [3.8, 4) is 0 Å². The average molecular weight is 501 g/mol. The van der Waals surface area contributed by atoms with Crippen LogP contribution in [0.25, 0.3) is 10.2 Å². The minimum absolute atomic E-state index is 0.00516. The molecule has 1 aromatic heterocycles. The van der Waals surface area contributed by atoms with Crippen LogP contribution in [0.3, 0.4) is 0 Å². The number of hydrogen-bond donors (Lipinski definition) is 3. The fourth-order valence-corrected chi connectivity index (χ4v) is 4.62. The van der Waals surface area contributed by atoms with E-state index in [0.29, 0.717) is 48.3 Å². The first-order valence-corrected chi connectivity index (χ1v) is 11.4. The van der Waals surface area contributed by atoms with Gasteiger partial charge in [-0.15, -0.1) is 0 Å². The number of morpholine rings is 1. The third kappa shape index (κ3) is 5.44. The Kier molecular flexibility index (Phi) is 6.95.